The molecular formula is C27H26N2O4. The molecule has 6 nitrogen and oxygen atoms in total. The normalized spacial score (nSPS) is 16.9. The second-order valence-electron chi connectivity index (χ2n) is 8.66. The molecule has 0 aliphatic carbocycles. The van der Waals surface area contributed by atoms with Crippen molar-refractivity contribution in [1.29, 1.82) is 0 Å². The zero-order valence-electron chi connectivity index (χ0n) is 18.4. The van der Waals surface area contributed by atoms with Crippen molar-refractivity contribution in [3.63, 3.8) is 0 Å². The largest absolute Gasteiger partial charge is 0.426 e. The van der Waals surface area contributed by atoms with Crippen LogP contribution in [0, 0.1) is 5.92 Å². The molecule has 2 aliphatic rings. The highest BCUT2D eigenvalue weighted by atomic mass is 16.5. The maximum atomic E-state index is 13.1. The predicted molar refractivity (Wildman–Crippen MR) is 126 cm³/mol. The van der Waals surface area contributed by atoms with Gasteiger partial charge in [-0.05, 0) is 48.2 Å². The second kappa shape index (κ2) is 9.06. The van der Waals surface area contributed by atoms with Crippen LogP contribution in [0.15, 0.2) is 66.7 Å². The first-order valence-electron chi connectivity index (χ1n) is 11.5. The van der Waals surface area contributed by atoms with E-state index in [0.29, 0.717) is 50.2 Å². The van der Waals surface area contributed by atoms with Crippen LogP contribution in [-0.4, -0.2) is 42.3 Å². The second-order valence-corrected chi connectivity index (χ2v) is 8.66. The van der Waals surface area contributed by atoms with Crippen LogP contribution < -0.4 is 9.64 Å². The summed E-state index contributed by atoms with van der Waals surface area (Å²) < 4.78 is 5.65. The van der Waals surface area contributed by atoms with Gasteiger partial charge in [-0.25, -0.2) is 0 Å². The monoisotopic (exact) mass is 442 g/mol. The van der Waals surface area contributed by atoms with Crippen molar-refractivity contribution in [2.24, 2.45) is 5.92 Å². The van der Waals surface area contributed by atoms with Crippen LogP contribution in [0.3, 0.4) is 0 Å². The summed E-state index contributed by atoms with van der Waals surface area (Å²) in [5.41, 5.74) is 1.46. The fraction of sp³-hybridized carbons (Fsp3) is 0.296. The average molecular weight is 443 g/mol. The number of carbonyl (C=O) groups excluding carboxylic acids is 3. The number of anilines is 1. The molecule has 0 aromatic heterocycles. The molecule has 2 aliphatic heterocycles. The number of likely N-dealkylation sites (tertiary alicyclic amines) is 1. The summed E-state index contributed by atoms with van der Waals surface area (Å²) in [5, 5.41) is 1.99. The van der Waals surface area contributed by atoms with E-state index in [9.17, 15) is 14.4 Å². The van der Waals surface area contributed by atoms with Gasteiger partial charge in [0, 0.05) is 43.4 Å². The lowest BCUT2D eigenvalue weighted by Crippen LogP contribution is -2.41. The van der Waals surface area contributed by atoms with Gasteiger partial charge < -0.3 is 14.5 Å². The number of ether oxygens (including phenoxy) is 1. The van der Waals surface area contributed by atoms with E-state index in [1.807, 2.05) is 53.4 Å². The minimum Gasteiger partial charge on any atom is -0.426 e. The molecule has 168 valence electrons. The van der Waals surface area contributed by atoms with E-state index >= 15 is 0 Å². The maximum absolute atomic E-state index is 13.1. The number of hydrogen-bond acceptors (Lipinski definition) is 4. The molecule has 5 rings (SSSR count). The lowest BCUT2D eigenvalue weighted by atomic mass is 9.95. The minimum absolute atomic E-state index is 0.00148. The highest BCUT2D eigenvalue weighted by Gasteiger charge is 2.30. The molecule has 2 fully saturated rings. The fourth-order valence-corrected chi connectivity index (χ4v) is 4.74. The van der Waals surface area contributed by atoms with Crippen molar-refractivity contribution < 1.29 is 19.1 Å². The first kappa shape index (κ1) is 21.2. The third-order valence-corrected chi connectivity index (χ3v) is 6.56. The van der Waals surface area contributed by atoms with Crippen LogP contribution in [0.1, 0.15) is 36.0 Å². The molecule has 0 unspecified atom stereocenters. The van der Waals surface area contributed by atoms with Crippen LogP contribution in [-0.2, 0) is 9.59 Å². The summed E-state index contributed by atoms with van der Waals surface area (Å²) in [6.45, 7) is 1.73. The van der Waals surface area contributed by atoms with Gasteiger partial charge in [0.15, 0.2) is 0 Å². The third kappa shape index (κ3) is 4.33. The van der Waals surface area contributed by atoms with E-state index in [2.05, 4.69) is 0 Å². The molecule has 0 spiro atoms. The topological polar surface area (TPSA) is 66.9 Å². The minimum atomic E-state index is -0.280. The van der Waals surface area contributed by atoms with Crippen LogP contribution in [0.25, 0.3) is 10.8 Å². The van der Waals surface area contributed by atoms with Gasteiger partial charge in [-0.1, -0.05) is 42.5 Å². The summed E-state index contributed by atoms with van der Waals surface area (Å²) in [5.74, 6) is 0.0190. The number of rotatable bonds is 4. The smallest absolute Gasteiger partial charge is 0.314 e. The Morgan fingerprint density at radius 1 is 0.879 bits per heavy atom. The maximum Gasteiger partial charge on any atom is 0.314 e. The first-order valence-corrected chi connectivity index (χ1v) is 11.5. The van der Waals surface area contributed by atoms with E-state index < -0.39 is 0 Å². The molecule has 2 amide bonds. The summed E-state index contributed by atoms with van der Waals surface area (Å²) in [6.07, 6.45) is 2.54. The van der Waals surface area contributed by atoms with Crippen molar-refractivity contribution in [2.75, 3.05) is 24.5 Å². The number of carbonyl (C=O) groups is 3. The number of benzene rings is 3. The Bertz CT molecular complexity index is 1210. The summed E-state index contributed by atoms with van der Waals surface area (Å²) in [6, 6.07) is 20.8. The van der Waals surface area contributed by atoms with E-state index in [-0.39, 0.29) is 23.7 Å². The van der Waals surface area contributed by atoms with Crippen LogP contribution in [0.4, 0.5) is 5.69 Å². The molecule has 2 saturated heterocycles. The Morgan fingerprint density at radius 2 is 1.64 bits per heavy atom. The third-order valence-electron chi connectivity index (χ3n) is 6.56. The Morgan fingerprint density at radius 3 is 2.42 bits per heavy atom. The molecule has 0 atom stereocenters. The average Bonchev–Trinajstić information content (AvgIpc) is 3.29. The van der Waals surface area contributed by atoms with Gasteiger partial charge in [-0.15, -0.1) is 0 Å². The highest BCUT2D eigenvalue weighted by molar-refractivity contribution is 6.07. The van der Waals surface area contributed by atoms with Gasteiger partial charge in [0.05, 0.1) is 5.92 Å². The van der Waals surface area contributed by atoms with E-state index in [1.54, 1.807) is 23.1 Å². The van der Waals surface area contributed by atoms with Crippen molar-refractivity contribution in [2.45, 2.75) is 25.7 Å². The lowest BCUT2D eigenvalue weighted by molar-refractivity contribution is -0.140. The van der Waals surface area contributed by atoms with Crippen LogP contribution >= 0.6 is 0 Å². The van der Waals surface area contributed by atoms with E-state index in [0.717, 1.165) is 22.9 Å². The van der Waals surface area contributed by atoms with Gasteiger partial charge in [0.2, 0.25) is 5.91 Å². The molecule has 6 heteroatoms. The lowest BCUT2D eigenvalue weighted by Gasteiger charge is -2.31. The fourth-order valence-electron chi connectivity index (χ4n) is 4.74. The number of hydrogen-bond donors (Lipinski definition) is 0. The quantitative estimate of drug-likeness (QED) is 0.443. The van der Waals surface area contributed by atoms with E-state index in [4.69, 9.17) is 4.74 Å². The van der Waals surface area contributed by atoms with Crippen molar-refractivity contribution >= 4 is 34.2 Å². The van der Waals surface area contributed by atoms with Crippen molar-refractivity contribution in [3.05, 3.63) is 72.3 Å². The molecule has 0 radical (unpaired) electrons. The highest BCUT2D eigenvalue weighted by Crippen LogP contribution is 2.28. The van der Waals surface area contributed by atoms with Gasteiger partial charge in [0.1, 0.15) is 5.75 Å². The molecule has 0 N–H and O–H groups in total. The number of nitrogens with zero attached hydrogens (tertiary/aromatic N) is 2. The Labute approximate surface area is 192 Å². The molecule has 33 heavy (non-hydrogen) atoms. The summed E-state index contributed by atoms with van der Waals surface area (Å²) in [7, 11) is 0. The number of amides is 2. The van der Waals surface area contributed by atoms with Gasteiger partial charge in [-0.2, -0.15) is 0 Å². The predicted octanol–water partition coefficient (Wildman–Crippen LogP) is 4.42. The van der Waals surface area contributed by atoms with Gasteiger partial charge in [0.25, 0.3) is 5.91 Å². The molecule has 3 aromatic carbocycles. The number of piperidine rings is 1. The first-order chi connectivity index (χ1) is 16.1. The molecular weight excluding hydrogens is 416 g/mol. The molecule has 2 heterocycles. The number of fused-ring (bicyclic) bond motifs is 1. The standard InChI is InChI=1S/C27H26N2O4/c30-25-12-5-15-29(25)21-8-4-9-22(18-21)33-27(32)20-13-16-28(17-14-20)26(31)24-11-3-7-19-6-1-2-10-23(19)24/h1-4,6-11,18,20H,5,12-17H2. The van der Waals surface area contributed by atoms with Gasteiger partial charge in [-0.3, -0.25) is 14.4 Å². The Kier molecular flexibility index (Phi) is 5.82. The molecule has 0 bridgehead atoms. The zero-order chi connectivity index (χ0) is 22.8. The van der Waals surface area contributed by atoms with Crippen LogP contribution in [0.2, 0.25) is 0 Å². The van der Waals surface area contributed by atoms with Gasteiger partial charge >= 0.3 is 5.97 Å². The molecule has 3 aromatic rings. The van der Waals surface area contributed by atoms with E-state index in [1.165, 1.54) is 0 Å². The summed E-state index contributed by atoms with van der Waals surface area (Å²) >= 11 is 0. The molecule has 0 saturated carbocycles. The Hall–Kier alpha value is -3.67. The number of esters is 1. The zero-order valence-corrected chi connectivity index (χ0v) is 18.4. The van der Waals surface area contributed by atoms with Crippen LogP contribution in [0.5, 0.6) is 5.75 Å². The van der Waals surface area contributed by atoms with Crippen molar-refractivity contribution in [3.8, 4) is 5.75 Å². The van der Waals surface area contributed by atoms with Crippen molar-refractivity contribution in [1.82, 2.24) is 4.90 Å². The SMILES string of the molecule is O=C(Oc1cccc(N2CCCC2=O)c1)C1CCN(C(=O)c2cccc3ccccc23)CC1. The Balaban J connectivity index is 1.21. The summed E-state index contributed by atoms with van der Waals surface area (Å²) in [4.78, 5) is 41.5.